The topological polar surface area (TPSA) is 82.8 Å². The fourth-order valence-corrected chi connectivity index (χ4v) is 3.94. The Morgan fingerprint density at radius 3 is 2.47 bits per heavy atom. The second-order valence-electron chi connectivity index (χ2n) is 8.63. The van der Waals surface area contributed by atoms with Crippen molar-refractivity contribution in [3.63, 3.8) is 0 Å². The minimum Gasteiger partial charge on any atom is -0.310 e. The van der Waals surface area contributed by atoms with Crippen LogP contribution in [0.3, 0.4) is 0 Å². The van der Waals surface area contributed by atoms with Gasteiger partial charge in [0.1, 0.15) is 12.0 Å². The Morgan fingerprint density at radius 2 is 1.91 bits per heavy atom. The molecule has 1 amide bonds. The number of allylic oxidation sites excluding steroid dienone is 6. The molecule has 0 saturated heterocycles. The number of carbonyl (C=O) groups excluding carboxylic acids is 2. The molecule has 1 aliphatic carbocycles. The van der Waals surface area contributed by atoms with E-state index in [1.54, 1.807) is 18.3 Å². The maximum absolute atomic E-state index is 13.2. The van der Waals surface area contributed by atoms with Gasteiger partial charge in [0, 0.05) is 29.1 Å². The molecular formula is C28H30FN3O2. The lowest BCUT2D eigenvalue weighted by molar-refractivity contribution is -0.117. The fourth-order valence-electron chi connectivity index (χ4n) is 3.94. The van der Waals surface area contributed by atoms with E-state index >= 15 is 0 Å². The molecule has 1 heterocycles. The molecule has 0 aliphatic heterocycles. The molecule has 2 unspecified atom stereocenters. The van der Waals surface area contributed by atoms with Crippen LogP contribution in [0.4, 0.5) is 10.2 Å². The van der Waals surface area contributed by atoms with Crippen LogP contribution < -0.4 is 5.32 Å². The second-order valence-corrected chi connectivity index (χ2v) is 8.63. The van der Waals surface area contributed by atoms with E-state index in [0.717, 1.165) is 45.0 Å². The number of hydrogen-bond acceptors (Lipinski definition) is 4. The minimum atomic E-state index is -1.08. The number of hydrogen-bond donors (Lipinski definition) is 1. The molecule has 6 heteroatoms. The first-order valence-corrected chi connectivity index (χ1v) is 11.6. The van der Waals surface area contributed by atoms with Gasteiger partial charge in [0.2, 0.25) is 5.91 Å². The molecule has 3 rings (SSSR count). The molecule has 0 radical (unpaired) electrons. The lowest BCUT2D eigenvalue weighted by Gasteiger charge is -2.14. The van der Waals surface area contributed by atoms with E-state index in [2.05, 4.69) is 16.4 Å². The van der Waals surface area contributed by atoms with Crippen LogP contribution in [0.1, 0.15) is 65.0 Å². The molecule has 0 bridgehead atoms. The van der Waals surface area contributed by atoms with Gasteiger partial charge in [0.15, 0.2) is 5.78 Å². The molecule has 2 atom stereocenters. The Balaban J connectivity index is 2.01. The van der Waals surface area contributed by atoms with Gasteiger partial charge in [0.25, 0.3) is 0 Å². The average Bonchev–Trinajstić information content (AvgIpc) is 3.58. The van der Waals surface area contributed by atoms with Gasteiger partial charge in [-0.05, 0) is 74.4 Å². The van der Waals surface area contributed by atoms with E-state index in [4.69, 9.17) is 0 Å². The Bertz CT molecular complexity index is 1280. The maximum atomic E-state index is 13.2. The van der Waals surface area contributed by atoms with Crippen molar-refractivity contribution < 1.29 is 14.0 Å². The quantitative estimate of drug-likeness (QED) is 0.363. The summed E-state index contributed by atoms with van der Waals surface area (Å²) in [5, 5.41) is 14.1. The third kappa shape index (κ3) is 5.31. The lowest BCUT2D eigenvalue weighted by atomic mass is 9.90. The van der Waals surface area contributed by atoms with Crippen LogP contribution in [0, 0.1) is 17.2 Å². The standard InChI is InChI=1S/C28H30FN3O2/c1-6-16(4)22(26(33)8-3)9-17(5)21(7-2)23-11-20-15-31-27(12-18(20)10-19(23)14-30)32-28(34)24-13-25(24)29/h7,9-12,15,24-25H,6,8,13H2,1-5H3,(H,31,32,34)/b17-9-,21-7+,22-16-. The first-order chi connectivity index (χ1) is 16.2. The van der Waals surface area contributed by atoms with E-state index in [9.17, 15) is 19.2 Å². The van der Waals surface area contributed by atoms with E-state index in [1.807, 2.05) is 52.8 Å². The Kier molecular flexibility index (Phi) is 7.78. The summed E-state index contributed by atoms with van der Waals surface area (Å²) < 4.78 is 13.2. The highest BCUT2D eigenvalue weighted by molar-refractivity contribution is 6.00. The molecule has 2 aromatic rings. The van der Waals surface area contributed by atoms with E-state index < -0.39 is 12.1 Å². The van der Waals surface area contributed by atoms with E-state index in [0.29, 0.717) is 17.8 Å². The van der Waals surface area contributed by atoms with Crippen molar-refractivity contribution in [3.8, 4) is 6.07 Å². The van der Waals surface area contributed by atoms with Crippen LogP contribution in [-0.2, 0) is 9.59 Å². The number of nitrogens with zero attached hydrogens (tertiary/aromatic N) is 2. The number of aromatic nitrogens is 1. The monoisotopic (exact) mass is 459 g/mol. The van der Waals surface area contributed by atoms with Crippen LogP contribution in [0.2, 0.25) is 0 Å². The van der Waals surface area contributed by atoms with Crippen molar-refractivity contribution >= 4 is 33.9 Å². The molecule has 1 aromatic heterocycles. The second kappa shape index (κ2) is 10.6. The van der Waals surface area contributed by atoms with Crippen molar-refractivity contribution in [1.29, 1.82) is 5.26 Å². The highest BCUT2D eigenvalue weighted by atomic mass is 19.1. The number of amides is 1. The SMILES string of the molecule is C\C=C(/C(C)=C\C(C(=O)CC)=C(/C)CC)c1cc2cnc(NC(=O)C3CC3F)cc2cc1C#N. The summed E-state index contributed by atoms with van der Waals surface area (Å²) in [6.45, 7) is 9.70. The average molecular weight is 460 g/mol. The molecule has 1 saturated carbocycles. The van der Waals surface area contributed by atoms with Gasteiger partial charge in [0.05, 0.1) is 17.6 Å². The Hall–Kier alpha value is -3.59. The largest absolute Gasteiger partial charge is 0.310 e. The smallest absolute Gasteiger partial charge is 0.231 e. The zero-order valence-corrected chi connectivity index (χ0v) is 20.3. The number of fused-ring (bicyclic) bond motifs is 1. The third-order valence-electron chi connectivity index (χ3n) is 6.26. The third-order valence-corrected chi connectivity index (χ3v) is 6.26. The van der Waals surface area contributed by atoms with Gasteiger partial charge >= 0.3 is 0 Å². The first-order valence-electron chi connectivity index (χ1n) is 11.6. The number of nitriles is 1. The summed E-state index contributed by atoms with van der Waals surface area (Å²) in [7, 11) is 0. The number of anilines is 1. The van der Waals surface area contributed by atoms with Crippen molar-refractivity contribution in [3.05, 3.63) is 64.4 Å². The highest BCUT2D eigenvalue weighted by Gasteiger charge is 2.43. The van der Waals surface area contributed by atoms with Gasteiger partial charge in [-0.2, -0.15) is 5.26 Å². The number of ketones is 1. The molecule has 34 heavy (non-hydrogen) atoms. The van der Waals surface area contributed by atoms with Gasteiger partial charge in [-0.1, -0.05) is 25.5 Å². The summed E-state index contributed by atoms with van der Waals surface area (Å²) >= 11 is 0. The van der Waals surface area contributed by atoms with Gasteiger partial charge < -0.3 is 5.32 Å². The maximum Gasteiger partial charge on any atom is 0.231 e. The fraction of sp³-hybridized carbons (Fsp3) is 0.357. The summed E-state index contributed by atoms with van der Waals surface area (Å²) in [5.74, 6) is -0.548. The summed E-state index contributed by atoms with van der Waals surface area (Å²) in [4.78, 5) is 28.9. The number of benzene rings is 1. The number of carbonyl (C=O) groups is 2. The van der Waals surface area contributed by atoms with E-state index in [1.165, 1.54) is 0 Å². The summed E-state index contributed by atoms with van der Waals surface area (Å²) in [6, 6.07) is 7.62. The molecule has 1 N–H and O–H groups in total. The number of halogens is 1. The summed E-state index contributed by atoms with van der Waals surface area (Å²) in [6.07, 6.45) is 5.87. The van der Waals surface area contributed by atoms with Gasteiger partial charge in [-0.3, -0.25) is 9.59 Å². The number of nitrogens with one attached hydrogen (secondary N) is 1. The normalized spacial score (nSPS) is 18.9. The van der Waals surface area contributed by atoms with Crippen LogP contribution in [-0.4, -0.2) is 22.8 Å². The predicted octanol–water partition coefficient (Wildman–Crippen LogP) is 6.46. The van der Waals surface area contributed by atoms with Gasteiger partial charge in [-0.15, -0.1) is 0 Å². The molecule has 176 valence electrons. The van der Waals surface area contributed by atoms with Crippen molar-refractivity contribution in [2.24, 2.45) is 5.92 Å². The molecule has 1 fully saturated rings. The van der Waals surface area contributed by atoms with E-state index in [-0.39, 0.29) is 18.1 Å². The molecule has 5 nitrogen and oxygen atoms in total. The van der Waals surface area contributed by atoms with Crippen LogP contribution in [0.15, 0.2) is 53.3 Å². The number of rotatable bonds is 8. The molecule has 0 spiro atoms. The summed E-state index contributed by atoms with van der Waals surface area (Å²) in [5.41, 5.74) is 4.73. The highest BCUT2D eigenvalue weighted by Crippen LogP contribution is 2.35. The van der Waals surface area contributed by atoms with Crippen LogP contribution in [0.25, 0.3) is 16.3 Å². The van der Waals surface area contributed by atoms with Gasteiger partial charge in [-0.25, -0.2) is 9.37 Å². The first kappa shape index (κ1) is 25.0. The van der Waals surface area contributed by atoms with Crippen LogP contribution in [0.5, 0.6) is 0 Å². The Labute approximate surface area is 200 Å². The lowest BCUT2D eigenvalue weighted by Crippen LogP contribution is -2.15. The number of Topliss-reactive ketones (excluding diaryl/α,β-unsaturated/α-hetero) is 1. The molecule has 1 aromatic carbocycles. The van der Waals surface area contributed by atoms with Crippen LogP contribution >= 0.6 is 0 Å². The number of alkyl halides is 1. The zero-order chi connectivity index (χ0) is 25.0. The molecule has 1 aliphatic rings. The zero-order valence-electron chi connectivity index (χ0n) is 20.3. The Morgan fingerprint density at radius 1 is 1.21 bits per heavy atom. The van der Waals surface area contributed by atoms with Crippen molar-refractivity contribution in [2.75, 3.05) is 5.32 Å². The van der Waals surface area contributed by atoms with Crippen molar-refractivity contribution in [2.45, 2.75) is 60.1 Å². The van der Waals surface area contributed by atoms with Crippen molar-refractivity contribution in [1.82, 2.24) is 4.98 Å². The predicted molar refractivity (Wildman–Crippen MR) is 134 cm³/mol. The minimum absolute atomic E-state index is 0.0947. The number of pyridine rings is 1. The molecular weight excluding hydrogens is 429 g/mol.